The molecule has 1 aromatic carbocycles. The Morgan fingerprint density at radius 1 is 1.45 bits per heavy atom. The Hall–Kier alpha value is -2.11. The summed E-state index contributed by atoms with van der Waals surface area (Å²) >= 11 is 0. The van der Waals surface area contributed by atoms with E-state index in [-0.39, 0.29) is 16.8 Å². The van der Waals surface area contributed by atoms with Crippen molar-refractivity contribution in [3.8, 4) is 0 Å². The molecule has 1 aromatic rings. The molecular formula is C14H18N2O4. The maximum atomic E-state index is 11.1. The van der Waals surface area contributed by atoms with Gasteiger partial charge in [0, 0.05) is 22.9 Å². The zero-order chi connectivity index (χ0) is 15.1. The normalized spacial score (nSPS) is 14.9. The van der Waals surface area contributed by atoms with Gasteiger partial charge in [-0.1, -0.05) is 0 Å². The minimum absolute atomic E-state index is 0.0728. The Morgan fingerprint density at radius 2 is 2.05 bits per heavy atom. The number of nitrogens with one attached hydrogen (secondary N) is 1. The Balaban J connectivity index is 2.45. The molecule has 2 N–H and O–H groups in total. The second-order valence-corrected chi connectivity index (χ2v) is 5.85. The van der Waals surface area contributed by atoms with Gasteiger partial charge in [0.15, 0.2) is 0 Å². The van der Waals surface area contributed by atoms with Crippen molar-refractivity contribution < 1.29 is 14.8 Å². The van der Waals surface area contributed by atoms with Gasteiger partial charge in [0.2, 0.25) is 0 Å². The molecule has 0 heterocycles. The molecule has 6 nitrogen and oxygen atoms in total. The molecule has 1 fully saturated rings. The molecule has 1 aliphatic carbocycles. The number of rotatable bonds is 5. The van der Waals surface area contributed by atoms with Crippen molar-refractivity contribution in [3.63, 3.8) is 0 Å². The number of anilines is 1. The van der Waals surface area contributed by atoms with Crippen molar-refractivity contribution in [3.05, 3.63) is 33.4 Å². The van der Waals surface area contributed by atoms with Gasteiger partial charge in [0.25, 0.3) is 5.69 Å². The van der Waals surface area contributed by atoms with Crippen LogP contribution < -0.4 is 5.32 Å². The summed E-state index contributed by atoms with van der Waals surface area (Å²) in [4.78, 5) is 21.6. The van der Waals surface area contributed by atoms with Crippen LogP contribution in [0, 0.1) is 23.0 Å². The lowest BCUT2D eigenvalue weighted by molar-refractivity contribution is -0.385. The summed E-state index contributed by atoms with van der Waals surface area (Å²) in [5.41, 5.74) is 0.549. The number of carboxylic acids is 1. The highest BCUT2D eigenvalue weighted by Crippen LogP contribution is 2.42. The van der Waals surface area contributed by atoms with Crippen LogP contribution in [0.4, 0.5) is 11.4 Å². The third kappa shape index (κ3) is 2.74. The molecular weight excluding hydrogens is 260 g/mol. The fraction of sp³-hybridized carbons (Fsp3) is 0.500. The smallest absolute Gasteiger partial charge is 0.336 e. The third-order valence-electron chi connectivity index (χ3n) is 3.88. The van der Waals surface area contributed by atoms with Crippen LogP contribution >= 0.6 is 0 Å². The van der Waals surface area contributed by atoms with E-state index in [2.05, 4.69) is 5.32 Å². The summed E-state index contributed by atoms with van der Waals surface area (Å²) in [6.07, 6.45) is 2.25. The quantitative estimate of drug-likeness (QED) is 0.637. The predicted octanol–water partition coefficient (Wildman–Crippen LogP) is 3.20. The van der Waals surface area contributed by atoms with E-state index in [1.165, 1.54) is 6.07 Å². The molecule has 0 aromatic heterocycles. The largest absolute Gasteiger partial charge is 0.478 e. The second-order valence-electron chi connectivity index (χ2n) is 5.85. The predicted molar refractivity (Wildman–Crippen MR) is 75.2 cm³/mol. The maximum absolute atomic E-state index is 11.1. The van der Waals surface area contributed by atoms with Crippen LogP contribution in [0.2, 0.25) is 0 Å². The molecule has 0 atom stereocenters. The van der Waals surface area contributed by atoms with Crippen LogP contribution in [0.5, 0.6) is 0 Å². The molecule has 0 saturated heterocycles. The first-order valence-corrected chi connectivity index (χ1v) is 6.53. The number of nitrogens with zero attached hydrogens (tertiary/aromatic N) is 1. The summed E-state index contributed by atoms with van der Waals surface area (Å²) in [6, 6.07) is 2.57. The standard InChI is InChI=1S/C14H18N2O4/c1-8-11(15-14(2,3)10-4-5-10)6-9(13(17)18)7-12(8)16(19)20/h6-7,10,15H,4-5H2,1-3H3,(H,17,18). The summed E-state index contributed by atoms with van der Waals surface area (Å²) in [5, 5.41) is 23.4. The molecule has 0 unspecified atom stereocenters. The van der Waals surface area contributed by atoms with Crippen LogP contribution in [0.1, 0.15) is 42.6 Å². The van der Waals surface area contributed by atoms with E-state index in [0.29, 0.717) is 17.2 Å². The summed E-state index contributed by atoms with van der Waals surface area (Å²) in [6.45, 7) is 5.70. The van der Waals surface area contributed by atoms with Gasteiger partial charge < -0.3 is 10.4 Å². The van der Waals surface area contributed by atoms with E-state index >= 15 is 0 Å². The van der Waals surface area contributed by atoms with Gasteiger partial charge in [-0.3, -0.25) is 10.1 Å². The molecule has 20 heavy (non-hydrogen) atoms. The average Bonchev–Trinajstić information content (AvgIpc) is 3.14. The average molecular weight is 278 g/mol. The molecule has 0 spiro atoms. The highest BCUT2D eigenvalue weighted by Gasteiger charge is 2.38. The number of carboxylic acid groups (broad SMARTS) is 1. The molecule has 0 aliphatic heterocycles. The fourth-order valence-electron chi connectivity index (χ4n) is 2.40. The minimum Gasteiger partial charge on any atom is -0.478 e. The number of hydrogen-bond acceptors (Lipinski definition) is 4. The monoisotopic (exact) mass is 278 g/mol. The first kappa shape index (κ1) is 14.3. The highest BCUT2D eigenvalue weighted by molar-refractivity contribution is 5.90. The number of nitro groups is 1. The van der Waals surface area contributed by atoms with E-state index in [0.717, 1.165) is 18.9 Å². The topological polar surface area (TPSA) is 92.5 Å². The van der Waals surface area contributed by atoms with Crippen LogP contribution in [0.15, 0.2) is 12.1 Å². The highest BCUT2D eigenvalue weighted by atomic mass is 16.6. The van der Waals surface area contributed by atoms with Crippen LogP contribution in [0.3, 0.4) is 0 Å². The molecule has 2 rings (SSSR count). The van der Waals surface area contributed by atoms with Crippen molar-refractivity contribution in [2.45, 2.75) is 39.2 Å². The minimum atomic E-state index is -1.17. The first-order valence-electron chi connectivity index (χ1n) is 6.53. The molecule has 0 radical (unpaired) electrons. The second kappa shape index (κ2) is 4.77. The lowest BCUT2D eigenvalue weighted by atomic mass is 9.96. The van der Waals surface area contributed by atoms with Crippen LogP contribution in [-0.4, -0.2) is 21.5 Å². The summed E-state index contributed by atoms with van der Waals surface area (Å²) < 4.78 is 0. The molecule has 0 amide bonds. The fourth-order valence-corrected chi connectivity index (χ4v) is 2.40. The number of benzene rings is 1. The first-order chi connectivity index (χ1) is 9.22. The van der Waals surface area contributed by atoms with Crippen molar-refractivity contribution >= 4 is 17.3 Å². The van der Waals surface area contributed by atoms with Crippen molar-refractivity contribution in [1.82, 2.24) is 0 Å². The molecule has 6 heteroatoms. The van der Waals surface area contributed by atoms with Crippen LogP contribution in [-0.2, 0) is 0 Å². The molecule has 108 valence electrons. The zero-order valence-corrected chi connectivity index (χ0v) is 11.8. The lowest BCUT2D eigenvalue weighted by Gasteiger charge is -2.28. The van der Waals surface area contributed by atoms with Crippen LogP contribution in [0.25, 0.3) is 0 Å². The molecule has 1 saturated carbocycles. The van der Waals surface area contributed by atoms with Gasteiger partial charge in [-0.2, -0.15) is 0 Å². The van der Waals surface area contributed by atoms with Gasteiger partial charge >= 0.3 is 5.97 Å². The molecule has 1 aliphatic rings. The van der Waals surface area contributed by atoms with Gasteiger partial charge in [-0.15, -0.1) is 0 Å². The van der Waals surface area contributed by atoms with Crippen molar-refractivity contribution in [2.75, 3.05) is 5.32 Å². The number of carbonyl (C=O) groups is 1. The maximum Gasteiger partial charge on any atom is 0.336 e. The van der Waals surface area contributed by atoms with E-state index in [4.69, 9.17) is 5.11 Å². The van der Waals surface area contributed by atoms with E-state index in [1.807, 2.05) is 13.8 Å². The Kier molecular flexibility index (Phi) is 3.41. The third-order valence-corrected chi connectivity index (χ3v) is 3.88. The van der Waals surface area contributed by atoms with E-state index in [1.54, 1.807) is 6.92 Å². The lowest BCUT2D eigenvalue weighted by Crippen LogP contribution is -2.33. The van der Waals surface area contributed by atoms with Crippen molar-refractivity contribution in [1.29, 1.82) is 0 Å². The van der Waals surface area contributed by atoms with Gasteiger partial charge in [0.1, 0.15) is 0 Å². The number of hydrogen-bond donors (Lipinski definition) is 2. The number of nitro benzene ring substituents is 1. The van der Waals surface area contributed by atoms with Gasteiger partial charge in [-0.25, -0.2) is 4.79 Å². The zero-order valence-electron chi connectivity index (χ0n) is 11.8. The summed E-state index contributed by atoms with van der Waals surface area (Å²) in [5.74, 6) is -0.644. The molecule has 0 bridgehead atoms. The SMILES string of the molecule is Cc1c(NC(C)(C)C2CC2)cc(C(=O)O)cc1[N+](=O)[O-]. The van der Waals surface area contributed by atoms with Crippen molar-refractivity contribution in [2.24, 2.45) is 5.92 Å². The summed E-state index contributed by atoms with van der Waals surface area (Å²) in [7, 11) is 0. The Bertz CT molecular complexity index is 577. The number of aromatic carboxylic acids is 1. The Labute approximate surface area is 117 Å². The van der Waals surface area contributed by atoms with E-state index in [9.17, 15) is 14.9 Å². The Morgan fingerprint density at radius 3 is 2.50 bits per heavy atom. The van der Waals surface area contributed by atoms with E-state index < -0.39 is 10.9 Å². The van der Waals surface area contributed by atoms with Gasteiger partial charge in [-0.05, 0) is 45.6 Å². The van der Waals surface area contributed by atoms with Gasteiger partial charge in [0.05, 0.1) is 10.5 Å².